The Morgan fingerprint density at radius 2 is 2.36 bits per heavy atom. The Morgan fingerprint density at radius 3 is 2.64 bits per heavy atom. The van der Waals surface area contributed by atoms with E-state index in [1.807, 2.05) is 0 Å². The third-order valence-electron chi connectivity index (χ3n) is 1.05. The molecule has 1 unspecified atom stereocenters. The zero-order valence-electron chi connectivity index (χ0n) is 6.54. The lowest BCUT2D eigenvalue weighted by Gasteiger charge is -2.09. The van der Waals surface area contributed by atoms with Gasteiger partial charge in [0.25, 0.3) is 0 Å². The van der Waals surface area contributed by atoms with E-state index < -0.39 is 12.1 Å². The van der Waals surface area contributed by atoms with Crippen molar-refractivity contribution in [3.63, 3.8) is 0 Å². The molecule has 0 aliphatic rings. The molecule has 0 bridgehead atoms. The van der Waals surface area contributed by atoms with Gasteiger partial charge in [0.2, 0.25) is 0 Å². The van der Waals surface area contributed by atoms with Gasteiger partial charge >= 0.3 is 5.97 Å². The Morgan fingerprint density at radius 1 is 1.82 bits per heavy atom. The van der Waals surface area contributed by atoms with E-state index in [2.05, 4.69) is 13.2 Å². The Kier molecular flexibility index (Phi) is 4.22. The Hall–Kier alpha value is -1.09. The van der Waals surface area contributed by atoms with Crippen molar-refractivity contribution in [3.8, 4) is 0 Å². The van der Waals surface area contributed by atoms with Gasteiger partial charge in [-0.25, -0.2) is 4.79 Å². The minimum atomic E-state index is -0.626. The van der Waals surface area contributed by atoms with Crippen LogP contribution in [0.25, 0.3) is 0 Å². The molecule has 11 heavy (non-hydrogen) atoms. The van der Waals surface area contributed by atoms with E-state index in [0.717, 1.165) is 0 Å². The number of ether oxygens (including phenoxy) is 1. The number of hydrogen-bond acceptors (Lipinski definition) is 3. The molecule has 0 aliphatic heterocycles. The highest BCUT2D eigenvalue weighted by Gasteiger charge is 2.09. The van der Waals surface area contributed by atoms with Crippen LogP contribution >= 0.6 is 0 Å². The molecule has 0 aliphatic carbocycles. The van der Waals surface area contributed by atoms with Gasteiger partial charge in [-0.3, -0.25) is 0 Å². The fraction of sp³-hybridized carbons (Fsp3) is 0.375. The fourth-order valence-electron chi connectivity index (χ4n) is 0.398. The second-order valence-corrected chi connectivity index (χ2v) is 2.14. The third-order valence-corrected chi connectivity index (χ3v) is 1.05. The first-order chi connectivity index (χ1) is 5.11. The lowest BCUT2D eigenvalue weighted by Crippen LogP contribution is -2.19. The predicted molar refractivity (Wildman–Crippen MR) is 42.0 cm³/mol. The molecular weight excluding hydrogens is 144 g/mol. The first kappa shape index (κ1) is 9.91. The Labute approximate surface area is 66.0 Å². The maximum Gasteiger partial charge on any atom is 0.333 e. The Bertz CT molecular complexity index is 172. The van der Waals surface area contributed by atoms with E-state index in [9.17, 15) is 4.79 Å². The summed E-state index contributed by atoms with van der Waals surface area (Å²) in [6, 6.07) is 0. The lowest BCUT2D eigenvalue weighted by molar-refractivity contribution is -0.143. The number of carbonyl (C=O) groups is 1. The molecule has 0 aromatic rings. The van der Waals surface area contributed by atoms with E-state index in [0.29, 0.717) is 5.57 Å². The number of carbonyl (C=O) groups excluding carboxylic acids is 1. The van der Waals surface area contributed by atoms with Crippen LogP contribution in [-0.4, -0.2) is 23.8 Å². The quantitative estimate of drug-likeness (QED) is 0.369. The fourth-order valence-corrected chi connectivity index (χ4v) is 0.398. The van der Waals surface area contributed by atoms with Gasteiger partial charge in [-0.05, 0) is 13.0 Å². The molecule has 0 spiro atoms. The summed E-state index contributed by atoms with van der Waals surface area (Å²) < 4.78 is 4.70. The van der Waals surface area contributed by atoms with Gasteiger partial charge in [-0.2, -0.15) is 0 Å². The summed E-state index contributed by atoms with van der Waals surface area (Å²) in [5.41, 5.74) is 0.310. The van der Waals surface area contributed by atoms with Gasteiger partial charge in [0.15, 0.2) is 0 Å². The van der Waals surface area contributed by atoms with Crippen LogP contribution in [0.4, 0.5) is 0 Å². The zero-order valence-corrected chi connectivity index (χ0v) is 6.54. The molecule has 0 saturated carbocycles. The molecule has 0 radical (unpaired) electrons. The van der Waals surface area contributed by atoms with Gasteiger partial charge < -0.3 is 9.84 Å². The minimum Gasteiger partial charge on any atom is -0.452 e. The first-order valence-corrected chi connectivity index (χ1v) is 3.21. The second kappa shape index (κ2) is 4.68. The molecule has 62 valence electrons. The summed E-state index contributed by atoms with van der Waals surface area (Å²) in [7, 11) is 0. The Balaban J connectivity index is 3.91. The highest BCUT2D eigenvalue weighted by atomic mass is 16.5. The molecule has 0 fully saturated rings. The monoisotopic (exact) mass is 156 g/mol. The van der Waals surface area contributed by atoms with Gasteiger partial charge in [0.05, 0.1) is 6.61 Å². The van der Waals surface area contributed by atoms with E-state index in [4.69, 9.17) is 9.84 Å². The highest BCUT2D eigenvalue weighted by molar-refractivity contribution is 5.87. The maximum absolute atomic E-state index is 10.8. The molecule has 0 aromatic carbocycles. The number of hydrogen-bond donors (Lipinski definition) is 1. The van der Waals surface area contributed by atoms with Crippen molar-refractivity contribution < 1.29 is 14.6 Å². The van der Waals surface area contributed by atoms with Gasteiger partial charge in [0, 0.05) is 5.57 Å². The smallest absolute Gasteiger partial charge is 0.333 e. The SMILES string of the molecule is C=CC(CO)OC(=O)C(=C)C. The highest BCUT2D eigenvalue weighted by Crippen LogP contribution is 1.98. The molecule has 3 heteroatoms. The average molecular weight is 156 g/mol. The van der Waals surface area contributed by atoms with Crippen molar-refractivity contribution in [3.05, 3.63) is 24.8 Å². The summed E-state index contributed by atoms with van der Waals surface area (Å²) in [4.78, 5) is 10.8. The number of esters is 1. The van der Waals surface area contributed by atoms with Crippen molar-refractivity contribution in [1.29, 1.82) is 0 Å². The molecule has 1 N–H and O–H groups in total. The summed E-state index contributed by atoms with van der Waals surface area (Å²) >= 11 is 0. The maximum atomic E-state index is 10.8. The van der Waals surface area contributed by atoms with Gasteiger partial charge in [-0.1, -0.05) is 13.2 Å². The minimum absolute atomic E-state index is 0.248. The van der Waals surface area contributed by atoms with Crippen LogP contribution in [0.15, 0.2) is 24.8 Å². The number of aliphatic hydroxyl groups is 1. The first-order valence-electron chi connectivity index (χ1n) is 3.21. The average Bonchev–Trinajstić information content (AvgIpc) is 1.99. The van der Waals surface area contributed by atoms with Crippen LogP contribution in [-0.2, 0) is 9.53 Å². The van der Waals surface area contributed by atoms with E-state index in [-0.39, 0.29) is 6.61 Å². The molecule has 0 heterocycles. The van der Waals surface area contributed by atoms with Gasteiger partial charge in [-0.15, -0.1) is 0 Å². The lowest BCUT2D eigenvalue weighted by atomic mass is 10.3. The van der Waals surface area contributed by atoms with E-state index in [1.165, 1.54) is 6.08 Å². The van der Waals surface area contributed by atoms with E-state index >= 15 is 0 Å². The van der Waals surface area contributed by atoms with Crippen LogP contribution in [0, 0.1) is 0 Å². The summed E-state index contributed by atoms with van der Waals surface area (Å²) in [6.07, 6.45) is 0.736. The number of rotatable bonds is 4. The van der Waals surface area contributed by atoms with Crippen LogP contribution in [0.3, 0.4) is 0 Å². The molecule has 0 aromatic heterocycles. The molecular formula is C8H12O3. The number of aliphatic hydroxyl groups excluding tert-OH is 1. The summed E-state index contributed by atoms with van der Waals surface area (Å²) in [6.45, 7) is 8.06. The van der Waals surface area contributed by atoms with Crippen molar-refractivity contribution in [2.45, 2.75) is 13.0 Å². The van der Waals surface area contributed by atoms with Crippen molar-refractivity contribution >= 4 is 5.97 Å². The molecule has 0 rings (SSSR count). The predicted octanol–water partition coefficient (Wildman–Crippen LogP) is 0.653. The zero-order chi connectivity index (χ0) is 8.85. The normalized spacial score (nSPS) is 11.8. The van der Waals surface area contributed by atoms with Crippen molar-refractivity contribution in [2.75, 3.05) is 6.61 Å². The largest absolute Gasteiger partial charge is 0.452 e. The molecule has 0 amide bonds. The van der Waals surface area contributed by atoms with Crippen LogP contribution in [0.5, 0.6) is 0 Å². The van der Waals surface area contributed by atoms with Crippen molar-refractivity contribution in [1.82, 2.24) is 0 Å². The molecule has 0 saturated heterocycles. The topological polar surface area (TPSA) is 46.5 Å². The van der Waals surface area contributed by atoms with Crippen molar-refractivity contribution in [2.24, 2.45) is 0 Å². The van der Waals surface area contributed by atoms with Crippen LogP contribution < -0.4 is 0 Å². The third kappa shape index (κ3) is 3.57. The summed E-state index contributed by atoms with van der Waals surface area (Å²) in [5, 5.41) is 8.58. The van der Waals surface area contributed by atoms with Crippen LogP contribution in [0.2, 0.25) is 0 Å². The standard InChI is InChI=1S/C8H12O3/c1-4-7(5-9)11-8(10)6(2)3/h4,7,9H,1-2,5H2,3H3. The van der Waals surface area contributed by atoms with Gasteiger partial charge in [0.1, 0.15) is 6.10 Å². The molecule has 1 atom stereocenters. The molecule has 3 nitrogen and oxygen atoms in total. The van der Waals surface area contributed by atoms with E-state index in [1.54, 1.807) is 6.92 Å². The second-order valence-electron chi connectivity index (χ2n) is 2.14. The van der Waals surface area contributed by atoms with Crippen LogP contribution in [0.1, 0.15) is 6.92 Å². The summed E-state index contributed by atoms with van der Waals surface area (Å²) in [5.74, 6) is -0.510.